The molecular weight excluding hydrogens is 260 g/mol. The number of aliphatic hydroxyl groups excluding tert-OH is 1. The van der Waals surface area contributed by atoms with E-state index in [2.05, 4.69) is 13.0 Å². The molecule has 0 aromatic heterocycles. The van der Waals surface area contributed by atoms with Gasteiger partial charge in [-0.2, -0.15) is 0 Å². The molecule has 0 aliphatic carbocycles. The van der Waals surface area contributed by atoms with Crippen LogP contribution in [0, 0.1) is 0 Å². The van der Waals surface area contributed by atoms with Crippen LogP contribution in [-0.4, -0.2) is 58.0 Å². The quantitative estimate of drug-likeness (QED) is 0.349. The predicted molar refractivity (Wildman–Crippen MR) is 78.8 cm³/mol. The fourth-order valence-electron chi connectivity index (χ4n) is 1.43. The van der Waals surface area contributed by atoms with Crippen LogP contribution in [-0.2, 0) is 18.9 Å². The third-order valence-corrected chi connectivity index (χ3v) is 2.49. The molecule has 0 spiro atoms. The Balaban J connectivity index is 2.99. The molecule has 20 heavy (non-hydrogen) atoms. The van der Waals surface area contributed by atoms with Crippen molar-refractivity contribution in [2.45, 2.75) is 32.6 Å². The molecule has 0 aliphatic rings. The van der Waals surface area contributed by atoms with Gasteiger partial charge in [-0.1, -0.05) is 19.8 Å². The molecule has 0 radical (unpaired) electrons. The number of hydrogen-bond donors (Lipinski definition) is 1. The maximum absolute atomic E-state index is 8.48. The molecule has 0 amide bonds. The molecule has 0 bridgehead atoms. The molecule has 5 heteroatoms. The first-order chi connectivity index (χ1) is 9.91. The summed E-state index contributed by atoms with van der Waals surface area (Å²) in [4.78, 5) is 0. The molecule has 0 aliphatic heterocycles. The zero-order chi connectivity index (χ0) is 14.7. The van der Waals surface area contributed by atoms with Crippen molar-refractivity contribution in [2.75, 3.05) is 52.9 Å². The second kappa shape index (κ2) is 18.4. The second-order valence-electron chi connectivity index (χ2n) is 4.30. The minimum absolute atomic E-state index is 0.0517. The number of allylic oxidation sites excluding steroid dienone is 1. The van der Waals surface area contributed by atoms with Crippen molar-refractivity contribution in [3.63, 3.8) is 0 Å². The summed E-state index contributed by atoms with van der Waals surface area (Å²) in [6, 6.07) is 0. The molecule has 120 valence electrons. The van der Waals surface area contributed by atoms with Gasteiger partial charge in [-0.15, -0.1) is 0 Å². The van der Waals surface area contributed by atoms with Gasteiger partial charge < -0.3 is 24.1 Å². The lowest BCUT2D eigenvalue weighted by Crippen LogP contribution is -2.12. The van der Waals surface area contributed by atoms with E-state index in [4.69, 9.17) is 24.1 Å². The van der Waals surface area contributed by atoms with Gasteiger partial charge in [0.05, 0.1) is 52.5 Å². The highest BCUT2D eigenvalue weighted by Gasteiger charge is 1.91. The molecule has 0 heterocycles. The molecule has 0 unspecified atom stereocenters. The first-order valence-corrected chi connectivity index (χ1v) is 7.52. The molecule has 0 fully saturated rings. The lowest BCUT2D eigenvalue weighted by Gasteiger charge is -2.06. The summed E-state index contributed by atoms with van der Waals surface area (Å²) in [7, 11) is 0. The zero-order valence-electron chi connectivity index (χ0n) is 12.7. The number of unbranched alkanes of at least 4 members (excludes halogenated alkanes) is 3. The summed E-state index contributed by atoms with van der Waals surface area (Å²) >= 11 is 0. The average Bonchev–Trinajstić information content (AvgIpc) is 2.47. The van der Waals surface area contributed by atoms with E-state index < -0.39 is 0 Å². The van der Waals surface area contributed by atoms with E-state index in [1.807, 2.05) is 0 Å². The van der Waals surface area contributed by atoms with Crippen LogP contribution in [0.25, 0.3) is 0 Å². The third-order valence-electron chi connectivity index (χ3n) is 2.49. The van der Waals surface area contributed by atoms with E-state index >= 15 is 0 Å². The highest BCUT2D eigenvalue weighted by molar-refractivity contribution is 4.72. The number of ether oxygens (including phenoxy) is 4. The van der Waals surface area contributed by atoms with Gasteiger partial charge in [-0.3, -0.25) is 0 Å². The fourth-order valence-corrected chi connectivity index (χ4v) is 1.43. The van der Waals surface area contributed by atoms with Gasteiger partial charge in [0.1, 0.15) is 6.61 Å². The van der Waals surface area contributed by atoms with E-state index in [0.29, 0.717) is 46.2 Å². The van der Waals surface area contributed by atoms with Crippen molar-refractivity contribution < 1.29 is 24.1 Å². The van der Waals surface area contributed by atoms with Gasteiger partial charge in [0.2, 0.25) is 0 Å². The molecule has 0 aromatic carbocycles. The standard InChI is InChI=1S/C15H30O5/c1-2-3-4-5-6-8-17-10-12-19-14-15-20-13-11-18-9-7-16/h6,8,16H,2-5,7,9-15H2,1H3. The molecule has 0 saturated carbocycles. The lowest BCUT2D eigenvalue weighted by atomic mass is 10.2. The molecule has 0 saturated heterocycles. The summed E-state index contributed by atoms with van der Waals surface area (Å²) < 4.78 is 21.0. The topological polar surface area (TPSA) is 57.2 Å². The van der Waals surface area contributed by atoms with Crippen LogP contribution >= 0.6 is 0 Å². The smallest absolute Gasteiger partial charge is 0.111 e. The van der Waals surface area contributed by atoms with Gasteiger partial charge in [0.15, 0.2) is 0 Å². The van der Waals surface area contributed by atoms with E-state index in [0.717, 1.165) is 6.42 Å². The molecular formula is C15H30O5. The molecule has 0 atom stereocenters. The van der Waals surface area contributed by atoms with Gasteiger partial charge in [0.25, 0.3) is 0 Å². The first kappa shape index (κ1) is 19.4. The highest BCUT2D eigenvalue weighted by Crippen LogP contribution is 1.99. The third kappa shape index (κ3) is 17.4. The SMILES string of the molecule is CCCCCC=COCCOCCOCCOCCO. The van der Waals surface area contributed by atoms with Gasteiger partial charge in [-0.05, 0) is 18.9 Å². The summed E-state index contributed by atoms with van der Waals surface area (Å²) in [5.41, 5.74) is 0. The van der Waals surface area contributed by atoms with Crippen molar-refractivity contribution in [1.82, 2.24) is 0 Å². The van der Waals surface area contributed by atoms with E-state index in [1.165, 1.54) is 19.3 Å². The average molecular weight is 290 g/mol. The Bertz CT molecular complexity index is 197. The van der Waals surface area contributed by atoms with Crippen molar-refractivity contribution in [1.29, 1.82) is 0 Å². The van der Waals surface area contributed by atoms with Gasteiger partial charge >= 0.3 is 0 Å². The molecule has 0 rings (SSSR count). The monoisotopic (exact) mass is 290 g/mol. The van der Waals surface area contributed by atoms with Gasteiger partial charge in [0, 0.05) is 0 Å². The normalized spacial score (nSPS) is 11.3. The van der Waals surface area contributed by atoms with Crippen molar-refractivity contribution in [2.24, 2.45) is 0 Å². The van der Waals surface area contributed by atoms with Crippen LogP contribution in [0.4, 0.5) is 0 Å². The number of aliphatic hydroxyl groups is 1. The Labute approximate surface area is 122 Å². The second-order valence-corrected chi connectivity index (χ2v) is 4.30. The largest absolute Gasteiger partial charge is 0.499 e. The first-order valence-electron chi connectivity index (χ1n) is 7.52. The Morgan fingerprint density at radius 2 is 1.40 bits per heavy atom. The summed E-state index contributed by atoms with van der Waals surface area (Å²) in [5, 5.41) is 8.48. The molecule has 0 aromatic rings. The fraction of sp³-hybridized carbons (Fsp3) is 0.867. The van der Waals surface area contributed by atoms with Crippen LogP contribution in [0.3, 0.4) is 0 Å². The van der Waals surface area contributed by atoms with Crippen LogP contribution < -0.4 is 0 Å². The van der Waals surface area contributed by atoms with E-state index in [9.17, 15) is 0 Å². The highest BCUT2D eigenvalue weighted by atomic mass is 16.6. The molecule has 5 nitrogen and oxygen atoms in total. The maximum Gasteiger partial charge on any atom is 0.111 e. The van der Waals surface area contributed by atoms with Crippen LogP contribution in [0.5, 0.6) is 0 Å². The van der Waals surface area contributed by atoms with E-state index in [1.54, 1.807) is 6.26 Å². The van der Waals surface area contributed by atoms with Gasteiger partial charge in [-0.25, -0.2) is 0 Å². The summed E-state index contributed by atoms with van der Waals surface area (Å²) in [5.74, 6) is 0. The van der Waals surface area contributed by atoms with Crippen LogP contribution in [0.15, 0.2) is 12.3 Å². The minimum atomic E-state index is 0.0517. The lowest BCUT2D eigenvalue weighted by molar-refractivity contribution is 0.00133. The molecule has 1 N–H and O–H groups in total. The van der Waals surface area contributed by atoms with Crippen molar-refractivity contribution >= 4 is 0 Å². The van der Waals surface area contributed by atoms with Crippen molar-refractivity contribution in [3.8, 4) is 0 Å². The van der Waals surface area contributed by atoms with E-state index in [-0.39, 0.29) is 6.61 Å². The summed E-state index contributed by atoms with van der Waals surface area (Å²) in [6.07, 6.45) is 8.66. The Morgan fingerprint density at radius 1 is 0.800 bits per heavy atom. The Morgan fingerprint density at radius 3 is 2.00 bits per heavy atom. The summed E-state index contributed by atoms with van der Waals surface area (Å²) in [6.45, 7) is 5.90. The van der Waals surface area contributed by atoms with Crippen LogP contribution in [0.1, 0.15) is 32.6 Å². The van der Waals surface area contributed by atoms with Crippen molar-refractivity contribution in [3.05, 3.63) is 12.3 Å². The zero-order valence-corrected chi connectivity index (χ0v) is 12.7. The maximum atomic E-state index is 8.48. The number of rotatable bonds is 16. The number of hydrogen-bond acceptors (Lipinski definition) is 5. The Hall–Kier alpha value is -0.620. The van der Waals surface area contributed by atoms with Crippen LogP contribution in [0.2, 0.25) is 0 Å². The Kier molecular flexibility index (Phi) is 17.8. The predicted octanol–water partition coefficient (Wildman–Crippen LogP) is 2.14. The minimum Gasteiger partial charge on any atom is -0.499 e.